The van der Waals surface area contributed by atoms with Gasteiger partial charge in [0.2, 0.25) is 0 Å². The molecule has 0 bridgehead atoms. The Morgan fingerprint density at radius 3 is 2.82 bits per heavy atom. The first kappa shape index (κ1) is 13.3. The molecule has 0 N–H and O–H groups in total. The molecule has 0 radical (unpaired) electrons. The fraction of sp³-hybridized carbons (Fsp3) is 0.389. The van der Waals surface area contributed by atoms with Crippen LogP contribution in [0.5, 0.6) is 0 Å². The van der Waals surface area contributed by atoms with Crippen LogP contribution in [0.25, 0.3) is 0 Å². The molecule has 22 heavy (non-hydrogen) atoms. The van der Waals surface area contributed by atoms with E-state index in [-0.39, 0.29) is 0 Å². The van der Waals surface area contributed by atoms with Crippen LogP contribution < -0.4 is 4.90 Å². The Kier molecular flexibility index (Phi) is 3.07. The van der Waals surface area contributed by atoms with Crippen LogP contribution in [-0.4, -0.2) is 23.1 Å². The molecule has 4 heteroatoms. The second-order valence-corrected chi connectivity index (χ2v) is 6.74. The van der Waals surface area contributed by atoms with Crippen molar-refractivity contribution < 1.29 is 0 Å². The Bertz CT molecular complexity index is 705. The molecule has 1 aliphatic heterocycles. The average Bonchev–Trinajstić information content (AvgIpc) is 2.49. The van der Waals surface area contributed by atoms with E-state index < -0.39 is 0 Å². The highest BCUT2D eigenvalue weighted by molar-refractivity contribution is 5.52. The molecular weight excluding hydrogens is 272 g/mol. The zero-order valence-corrected chi connectivity index (χ0v) is 12.4. The maximum Gasteiger partial charge on any atom is 0.101 e. The largest absolute Gasteiger partial charge is 0.369 e. The van der Waals surface area contributed by atoms with E-state index in [1.165, 1.54) is 18.4 Å². The van der Waals surface area contributed by atoms with E-state index in [0.29, 0.717) is 11.0 Å². The van der Waals surface area contributed by atoms with E-state index in [4.69, 9.17) is 5.26 Å². The molecule has 110 valence electrons. The van der Waals surface area contributed by atoms with Crippen molar-refractivity contribution in [1.29, 1.82) is 5.26 Å². The minimum Gasteiger partial charge on any atom is -0.369 e. The van der Waals surface area contributed by atoms with E-state index in [2.05, 4.69) is 27.0 Å². The van der Waals surface area contributed by atoms with Gasteiger partial charge in [-0.05, 0) is 42.9 Å². The molecule has 0 atom stereocenters. The number of aromatic nitrogens is 2. The minimum absolute atomic E-state index is 0.509. The fourth-order valence-electron chi connectivity index (χ4n) is 4.03. The maximum atomic E-state index is 8.96. The first-order valence-corrected chi connectivity index (χ1v) is 7.75. The van der Waals surface area contributed by atoms with E-state index >= 15 is 0 Å². The molecule has 2 aliphatic rings. The highest BCUT2D eigenvalue weighted by Crippen LogP contribution is 2.53. The topological polar surface area (TPSA) is 52.8 Å². The molecule has 0 aromatic carbocycles. The van der Waals surface area contributed by atoms with Crippen LogP contribution in [0.1, 0.15) is 24.0 Å². The van der Waals surface area contributed by atoms with Crippen molar-refractivity contribution in [2.45, 2.75) is 19.3 Å². The summed E-state index contributed by atoms with van der Waals surface area (Å²) in [4.78, 5) is 10.7. The van der Waals surface area contributed by atoms with Crippen LogP contribution in [0, 0.1) is 22.7 Å². The number of hydrogen-bond donors (Lipinski definition) is 0. The molecule has 2 aromatic heterocycles. The molecule has 1 saturated heterocycles. The third-order valence-corrected chi connectivity index (χ3v) is 4.96. The molecule has 0 amide bonds. The normalized spacial score (nSPS) is 19.3. The predicted octanol–water partition coefficient (Wildman–Crippen LogP) is 2.81. The molecule has 1 aliphatic carbocycles. The zero-order valence-electron chi connectivity index (χ0n) is 12.4. The lowest BCUT2D eigenvalue weighted by molar-refractivity contribution is 0.0239. The molecule has 4 rings (SSSR count). The van der Waals surface area contributed by atoms with Crippen LogP contribution in [0.15, 0.2) is 43.0 Å². The van der Waals surface area contributed by atoms with Crippen molar-refractivity contribution >= 4 is 5.69 Å². The van der Waals surface area contributed by atoms with Crippen molar-refractivity contribution in [3.8, 4) is 6.07 Å². The van der Waals surface area contributed by atoms with Crippen molar-refractivity contribution in [1.82, 2.24) is 9.97 Å². The number of anilines is 1. The monoisotopic (exact) mass is 290 g/mol. The van der Waals surface area contributed by atoms with Gasteiger partial charge in [-0.3, -0.25) is 9.97 Å². The molecule has 3 heterocycles. The van der Waals surface area contributed by atoms with Gasteiger partial charge in [-0.15, -0.1) is 0 Å². The summed E-state index contributed by atoms with van der Waals surface area (Å²) < 4.78 is 0. The quantitative estimate of drug-likeness (QED) is 0.872. The summed E-state index contributed by atoms with van der Waals surface area (Å²) in [5, 5.41) is 8.96. The Morgan fingerprint density at radius 2 is 2.09 bits per heavy atom. The van der Waals surface area contributed by atoms with E-state index in [1.54, 1.807) is 6.20 Å². The lowest BCUT2D eigenvalue weighted by Crippen LogP contribution is -2.62. The standard InChI is InChI=1S/C18H18N4/c19-8-16-5-17(11-21-10-16)22-12-18(13-22)6-15(7-18)4-14-2-1-3-20-9-14/h1-3,5,9-11,15H,4,6-7,12-13H2. The van der Waals surface area contributed by atoms with Crippen LogP contribution in [0.3, 0.4) is 0 Å². The molecular formula is C18H18N4. The van der Waals surface area contributed by atoms with Gasteiger partial charge in [-0.25, -0.2) is 0 Å². The van der Waals surface area contributed by atoms with Gasteiger partial charge in [0.05, 0.1) is 17.4 Å². The van der Waals surface area contributed by atoms with Crippen molar-refractivity contribution in [2.75, 3.05) is 18.0 Å². The van der Waals surface area contributed by atoms with Gasteiger partial charge in [0.25, 0.3) is 0 Å². The molecule has 2 fully saturated rings. The van der Waals surface area contributed by atoms with E-state index in [1.807, 2.05) is 30.7 Å². The number of nitrogens with zero attached hydrogens (tertiary/aromatic N) is 4. The summed E-state index contributed by atoms with van der Waals surface area (Å²) in [6, 6.07) is 8.28. The molecule has 2 aromatic rings. The minimum atomic E-state index is 0.509. The molecule has 4 nitrogen and oxygen atoms in total. The SMILES string of the molecule is N#Cc1cncc(N2CC3(CC(Cc4cccnc4)C3)C2)c1. The second-order valence-electron chi connectivity index (χ2n) is 6.74. The summed E-state index contributed by atoms with van der Waals surface area (Å²) in [6.07, 6.45) is 11.1. The van der Waals surface area contributed by atoms with Gasteiger partial charge < -0.3 is 4.90 Å². The lowest BCUT2D eigenvalue weighted by Gasteiger charge is -2.60. The number of rotatable bonds is 3. The van der Waals surface area contributed by atoms with Crippen molar-refractivity contribution in [3.63, 3.8) is 0 Å². The first-order chi connectivity index (χ1) is 10.8. The predicted molar refractivity (Wildman–Crippen MR) is 84.3 cm³/mol. The average molecular weight is 290 g/mol. The van der Waals surface area contributed by atoms with Gasteiger partial charge in [-0.1, -0.05) is 6.07 Å². The van der Waals surface area contributed by atoms with E-state index in [0.717, 1.165) is 31.1 Å². The summed E-state index contributed by atoms with van der Waals surface area (Å²) in [5.74, 6) is 0.801. The van der Waals surface area contributed by atoms with Crippen LogP contribution >= 0.6 is 0 Å². The summed E-state index contributed by atoms with van der Waals surface area (Å²) >= 11 is 0. The molecule has 0 unspecified atom stereocenters. The summed E-state index contributed by atoms with van der Waals surface area (Å²) in [6.45, 7) is 2.21. The van der Waals surface area contributed by atoms with Crippen molar-refractivity contribution in [2.24, 2.45) is 11.3 Å². The number of hydrogen-bond acceptors (Lipinski definition) is 4. The highest BCUT2D eigenvalue weighted by atomic mass is 15.2. The van der Waals surface area contributed by atoms with Gasteiger partial charge in [0, 0.05) is 37.1 Å². The zero-order chi connectivity index (χ0) is 15.0. The maximum absolute atomic E-state index is 8.96. The Balaban J connectivity index is 1.32. The highest BCUT2D eigenvalue weighted by Gasteiger charge is 2.52. The third-order valence-electron chi connectivity index (χ3n) is 4.96. The molecule has 1 spiro atoms. The third kappa shape index (κ3) is 2.33. The summed E-state index contributed by atoms with van der Waals surface area (Å²) in [7, 11) is 0. The second kappa shape index (κ2) is 5.10. The van der Waals surface area contributed by atoms with Crippen LogP contribution in [0.2, 0.25) is 0 Å². The van der Waals surface area contributed by atoms with Crippen LogP contribution in [-0.2, 0) is 6.42 Å². The van der Waals surface area contributed by atoms with Gasteiger partial charge in [-0.2, -0.15) is 5.26 Å². The smallest absolute Gasteiger partial charge is 0.101 e. The molecule has 1 saturated carbocycles. The fourth-order valence-corrected chi connectivity index (χ4v) is 4.03. The first-order valence-electron chi connectivity index (χ1n) is 7.75. The Morgan fingerprint density at radius 1 is 1.23 bits per heavy atom. The van der Waals surface area contributed by atoms with Crippen molar-refractivity contribution in [3.05, 3.63) is 54.1 Å². The lowest BCUT2D eigenvalue weighted by atomic mass is 9.56. The number of nitriles is 1. The summed E-state index contributed by atoms with van der Waals surface area (Å²) in [5.41, 5.74) is 3.58. The van der Waals surface area contributed by atoms with Gasteiger partial charge in [0.15, 0.2) is 0 Å². The Labute approximate surface area is 130 Å². The van der Waals surface area contributed by atoms with Crippen LogP contribution in [0.4, 0.5) is 5.69 Å². The number of pyridine rings is 2. The van der Waals surface area contributed by atoms with Gasteiger partial charge >= 0.3 is 0 Å². The van der Waals surface area contributed by atoms with Gasteiger partial charge in [0.1, 0.15) is 6.07 Å². The van der Waals surface area contributed by atoms with E-state index in [9.17, 15) is 0 Å². The Hall–Kier alpha value is -2.41.